The van der Waals surface area contributed by atoms with E-state index in [0.29, 0.717) is 23.2 Å². The molecule has 2 amide bonds. The Morgan fingerprint density at radius 1 is 1.09 bits per heavy atom. The third-order valence-electron chi connectivity index (χ3n) is 4.71. The molecule has 2 aliphatic rings. The van der Waals surface area contributed by atoms with Crippen molar-refractivity contribution in [3.63, 3.8) is 0 Å². The average Bonchev–Trinajstić information content (AvgIpc) is 3.25. The van der Waals surface area contributed by atoms with E-state index in [2.05, 4.69) is 10.2 Å². The molecule has 1 N–H and O–H groups in total. The van der Waals surface area contributed by atoms with Gasteiger partial charge in [0.2, 0.25) is 0 Å². The van der Waals surface area contributed by atoms with Crippen LogP contribution in [0.2, 0.25) is 0 Å². The number of urea groups is 1. The number of rotatable bonds is 4. The number of benzene rings is 1. The van der Waals surface area contributed by atoms with Crippen LogP contribution < -0.4 is 14.8 Å². The second-order valence-electron chi connectivity index (χ2n) is 6.16. The van der Waals surface area contributed by atoms with Crippen molar-refractivity contribution in [2.24, 2.45) is 0 Å². The maximum Gasteiger partial charge on any atom is 0.321 e. The number of anilines is 1. The van der Waals surface area contributed by atoms with Crippen LogP contribution in [0.15, 0.2) is 18.2 Å². The summed E-state index contributed by atoms with van der Waals surface area (Å²) in [6.45, 7) is 3.97. The van der Waals surface area contributed by atoms with Crippen LogP contribution in [-0.2, 0) is 0 Å². The van der Waals surface area contributed by atoms with Gasteiger partial charge in [-0.05, 0) is 32.4 Å². The first-order valence-electron chi connectivity index (χ1n) is 8.22. The van der Waals surface area contributed by atoms with E-state index in [1.807, 2.05) is 4.90 Å². The monoisotopic (exact) mass is 319 g/mol. The molecule has 0 aromatic heterocycles. The quantitative estimate of drug-likeness (QED) is 0.926. The number of methoxy groups -OCH3 is 2. The Balaban J connectivity index is 1.61. The van der Waals surface area contributed by atoms with Crippen molar-refractivity contribution in [2.45, 2.75) is 25.3 Å². The van der Waals surface area contributed by atoms with Crippen molar-refractivity contribution < 1.29 is 14.3 Å². The molecule has 0 radical (unpaired) electrons. The normalized spacial score (nSPS) is 21.5. The fraction of sp³-hybridized carbons (Fsp3) is 0.588. The number of likely N-dealkylation sites (tertiary alicyclic amines) is 2. The van der Waals surface area contributed by atoms with Crippen molar-refractivity contribution in [3.05, 3.63) is 18.2 Å². The van der Waals surface area contributed by atoms with Gasteiger partial charge in [-0.15, -0.1) is 0 Å². The molecule has 6 heteroatoms. The average molecular weight is 319 g/mol. The second-order valence-corrected chi connectivity index (χ2v) is 6.16. The van der Waals surface area contributed by atoms with E-state index in [0.717, 1.165) is 19.5 Å². The van der Waals surface area contributed by atoms with Crippen LogP contribution in [0.5, 0.6) is 11.5 Å². The molecule has 23 heavy (non-hydrogen) atoms. The van der Waals surface area contributed by atoms with Gasteiger partial charge in [-0.2, -0.15) is 0 Å². The third-order valence-corrected chi connectivity index (χ3v) is 4.71. The highest BCUT2D eigenvalue weighted by Crippen LogP contribution is 2.27. The van der Waals surface area contributed by atoms with E-state index >= 15 is 0 Å². The first kappa shape index (κ1) is 15.9. The highest BCUT2D eigenvalue weighted by Gasteiger charge is 2.31. The summed E-state index contributed by atoms with van der Waals surface area (Å²) >= 11 is 0. The Morgan fingerprint density at radius 3 is 2.35 bits per heavy atom. The molecule has 0 bridgehead atoms. The van der Waals surface area contributed by atoms with E-state index in [-0.39, 0.29) is 6.03 Å². The second kappa shape index (κ2) is 7.08. The summed E-state index contributed by atoms with van der Waals surface area (Å²) < 4.78 is 10.5. The Bertz CT molecular complexity index is 536. The van der Waals surface area contributed by atoms with Crippen LogP contribution in [-0.4, -0.2) is 62.3 Å². The lowest BCUT2D eigenvalue weighted by Gasteiger charge is -2.23. The van der Waals surface area contributed by atoms with E-state index in [1.165, 1.54) is 25.9 Å². The molecule has 0 aliphatic carbocycles. The summed E-state index contributed by atoms with van der Waals surface area (Å²) in [5, 5.41) is 2.95. The Hall–Kier alpha value is -1.95. The molecule has 0 spiro atoms. The van der Waals surface area contributed by atoms with Crippen molar-refractivity contribution >= 4 is 11.7 Å². The predicted molar refractivity (Wildman–Crippen MR) is 89.3 cm³/mol. The summed E-state index contributed by atoms with van der Waals surface area (Å²) in [6.07, 6.45) is 3.63. The van der Waals surface area contributed by atoms with Crippen LogP contribution >= 0.6 is 0 Å². The zero-order valence-electron chi connectivity index (χ0n) is 13.9. The molecule has 126 valence electrons. The largest absolute Gasteiger partial charge is 0.497 e. The highest BCUT2D eigenvalue weighted by atomic mass is 16.5. The summed E-state index contributed by atoms with van der Waals surface area (Å²) in [5.41, 5.74) is 0.691. The minimum absolute atomic E-state index is 0.0537. The molecule has 2 heterocycles. The van der Waals surface area contributed by atoms with Gasteiger partial charge >= 0.3 is 6.03 Å². The van der Waals surface area contributed by atoms with Crippen LogP contribution in [0.1, 0.15) is 19.3 Å². The van der Waals surface area contributed by atoms with Gasteiger partial charge in [0.1, 0.15) is 11.5 Å². The maximum absolute atomic E-state index is 12.5. The van der Waals surface area contributed by atoms with Crippen LogP contribution in [0.3, 0.4) is 0 Å². The summed E-state index contributed by atoms with van der Waals surface area (Å²) in [5.74, 6) is 1.33. The van der Waals surface area contributed by atoms with Gasteiger partial charge in [-0.25, -0.2) is 4.79 Å². The van der Waals surface area contributed by atoms with Crippen molar-refractivity contribution in [2.75, 3.05) is 45.7 Å². The molecule has 3 rings (SSSR count). The van der Waals surface area contributed by atoms with Gasteiger partial charge in [-0.3, -0.25) is 4.90 Å². The molecule has 2 saturated heterocycles. The molecule has 1 atom stereocenters. The SMILES string of the molecule is COc1cc(NC(=O)N2CC[C@H](N3CCCC3)C2)cc(OC)c1. The summed E-state index contributed by atoms with van der Waals surface area (Å²) in [7, 11) is 3.20. The molecule has 2 fully saturated rings. The van der Waals surface area contributed by atoms with Crippen molar-refractivity contribution in [1.29, 1.82) is 0 Å². The number of ether oxygens (including phenoxy) is 2. The van der Waals surface area contributed by atoms with E-state index in [9.17, 15) is 4.79 Å². The van der Waals surface area contributed by atoms with Gasteiger partial charge in [0.25, 0.3) is 0 Å². The Labute approximate surface area is 137 Å². The number of carbonyl (C=O) groups is 1. The molecule has 0 unspecified atom stereocenters. The number of hydrogen-bond donors (Lipinski definition) is 1. The molecule has 2 aliphatic heterocycles. The molecule has 1 aromatic carbocycles. The van der Waals surface area contributed by atoms with Gasteiger partial charge in [0, 0.05) is 43.0 Å². The minimum atomic E-state index is -0.0537. The van der Waals surface area contributed by atoms with E-state index in [1.54, 1.807) is 32.4 Å². The maximum atomic E-state index is 12.5. The zero-order chi connectivity index (χ0) is 16.2. The minimum Gasteiger partial charge on any atom is -0.497 e. The van der Waals surface area contributed by atoms with Crippen LogP contribution in [0.25, 0.3) is 0 Å². The van der Waals surface area contributed by atoms with Crippen molar-refractivity contribution in [1.82, 2.24) is 9.80 Å². The summed E-state index contributed by atoms with van der Waals surface area (Å²) in [6, 6.07) is 5.85. The first-order valence-corrected chi connectivity index (χ1v) is 8.22. The lowest BCUT2D eigenvalue weighted by Crippen LogP contribution is -2.38. The standard InChI is InChI=1S/C17H25N3O3/c1-22-15-9-13(10-16(11-15)23-2)18-17(21)20-8-5-14(12-20)19-6-3-4-7-19/h9-11,14H,3-8,12H2,1-2H3,(H,18,21)/t14-/m0/s1. The van der Waals surface area contributed by atoms with Crippen LogP contribution in [0, 0.1) is 0 Å². The fourth-order valence-corrected chi connectivity index (χ4v) is 3.41. The summed E-state index contributed by atoms with van der Waals surface area (Å²) in [4.78, 5) is 16.9. The fourth-order valence-electron chi connectivity index (χ4n) is 3.41. The molecular weight excluding hydrogens is 294 g/mol. The predicted octanol–water partition coefficient (Wildman–Crippen LogP) is 2.41. The molecular formula is C17H25N3O3. The van der Waals surface area contributed by atoms with Gasteiger partial charge in [-0.1, -0.05) is 0 Å². The number of carbonyl (C=O) groups excluding carboxylic acids is 1. The number of nitrogens with zero attached hydrogens (tertiary/aromatic N) is 2. The van der Waals surface area contributed by atoms with Crippen LogP contribution in [0.4, 0.5) is 10.5 Å². The molecule has 6 nitrogen and oxygen atoms in total. The molecule has 0 saturated carbocycles. The zero-order valence-corrected chi connectivity index (χ0v) is 13.9. The number of hydrogen-bond acceptors (Lipinski definition) is 4. The smallest absolute Gasteiger partial charge is 0.321 e. The lowest BCUT2D eigenvalue weighted by atomic mass is 10.2. The van der Waals surface area contributed by atoms with E-state index in [4.69, 9.17) is 9.47 Å². The lowest BCUT2D eigenvalue weighted by molar-refractivity contribution is 0.210. The van der Waals surface area contributed by atoms with Gasteiger partial charge in [0.15, 0.2) is 0 Å². The van der Waals surface area contributed by atoms with Gasteiger partial charge in [0.05, 0.1) is 14.2 Å². The van der Waals surface area contributed by atoms with Crippen molar-refractivity contribution in [3.8, 4) is 11.5 Å². The third kappa shape index (κ3) is 3.69. The van der Waals surface area contributed by atoms with Gasteiger partial charge < -0.3 is 19.7 Å². The molecule has 1 aromatic rings. The number of nitrogens with one attached hydrogen (secondary N) is 1. The Kier molecular flexibility index (Phi) is 4.91. The highest BCUT2D eigenvalue weighted by molar-refractivity contribution is 5.90. The first-order chi connectivity index (χ1) is 11.2. The topological polar surface area (TPSA) is 54.0 Å². The Morgan fingerprint density at radius 2 is 1.74 bits per heavy atom. The number of amides is 2. The van der Waals surface area contributed by atoms with E-state index < -0.39 is 0 Å².